The van der Waals surface area contributed by atoms with Crippen LogP contribution in [-0.2, 0) is 19.1 Å². The maximum Gasteiger partial charge on any atom is 0.243 e. The zero-order valence-electron chi connectivity index (χ0n) is 22.0. The van der Waals surface area contributed by atoms with Crippen molar-refractivity contribution in [3.63, 3.8) is 0 Å². The molecule has 1 aromatic rings. The second kappa shape index (κ2) is 14.8. The third-order valence-corrected chi connectivity index (χ3v) is 7.90. The van der Waals surface area contributed by atoms with E-state index < -0.39 is 91.7 Å². The van der Waals surface area contributed by atoms with Crippen LogP contribution >= 0.6 is 11.8 Å². The maximum atomic E-state index is 13.2. The monoisotopic (exact) mass is 604 g/mol. The quantitative estimate of drug-likeness (QED) is 0.106. The van der Waals surface area contributed by atoms with Crippen molar-refractivity contribution in [1.29, 1.82) is 0 Å². The molecule has 16 heteroatoms. The predicted octanol–water partition coefficient (Wildman–Crippen LogP) is -4.77. The Labute approximate surface area is 239 Å². The summed E-state index contributed by atoms with van der Waals surface area (Å²) in [7, 11) is 0. The summed E-state index contributed by atoms with van der Waals surface area (Å²) in [6.07, 6.45) is -18.3. The number of ether oxygens (including phenoxy) is 2. The van der Waals surface area contributed by atoms with Crippen molar-refractivity contribution in [2.75, 3.05) is 18.1 Å². The molecule has 1 aromatic carbocycles. The van der Waals surface area contributed by atoms with Crippen molar-refractivity contribution in [3.05, 3.63) is 35.9 Å². The van der Waals surface area contributed by atoms with Crippen LogP contribution in [0.2, 0.25) is 0 Å². The Kier molecular flexibility index (Phi) is 12.0. The molecule has 1 saturated heterocycles. The molecule has 0 radical (unpaired) electrons. The highest BCUT2D eigenvalue weighted by atomic mass is 32.2. The molecule has 1 saturated carbocycles. The highest BCUT2D eigenvalue weighted by Gasteiger charge is 2.53. The van der Waals surface area contributed by atoms with Crippen molar-refractivity contribution >= 4 is 29.4 Å². The van der Waals surface area contributed by atoms with Gasteiger partial charge in [0.15, 0.2) is 12.1 Å². The van der Waals surface area contributed by atoms with E-state index in [1.165, 1.54) is 0 Å². The first-order valence-corrected chi connectivity index (χ1v) is 13.9. The summed E-state index contributed by atoms with van der Waals surface area (Å²) in [4.78, 5) is 37.4. The van der Waals surface area contributed by atoms with Gasteiger partial charge < -0.3 is 61.0 Å². The van der Waals surface area contributed by atoms with Crippen LogP contribution in [0, 0.1) is 0 Å². The zero-order valence-corrected chi connectivity index (χ0v) is 22.8. The molecule has 3 rings (SSSR count). The van der Waals surface area contributed by atoms with E-state index in [4.69, 9.17) is 9.47 Å². The van der Waals surface area contributed by atoms with Crippen molar-refractivity contribution in [2.24, 2.45) is 0 Å². The summed E-state index contributed by atoms with van der Waals surface area (Å²) in [5.41, 5.74) is 0.463. The highest BCUT2D eigenvalue weighted by Crippen LogP contribution is 2.29. The molecule has 41 heavy (non-hydrogen) atoms. The van der Waals surface area contributed by atoms with E-state index in [9.17, 15) is 55.2 Å². The van der Waals surface area contributed by atoms with Crippen molar-refractivity contribution in [2.45, 2.75) is 80.2 Å². The number of aliphatic hydroxyl groups is 8. The van der Waals surface area contributed by atoms with Gasteiger partial charge in [-0.1, -0.05) is 30.3 Å². The second-order valence-corrected chi connectivity index (χ2v) is 10.9. The molecule has 15 nitrogen and oxygen atoms in total. The van der Waals surface area contributed by atoms with Crippen LogP contribution in [0.15, 0.2) is 30.3 Å². The average Bonchev–Trinajstić information content (AvgIpc) is 2.96. The minimum atomic E-state index is -1.95. The van der Waals surface area contributed by atoms with Gasteiger partial charge in [0.2, 0.25) is 11.8 Å². The molecule has 2 amide bonds. The SMILES string of the molecule is CC(=O)N[C@@H](CSCC(=O)c1ccccc1)C(=O)N[C@H]1[C@@H](OC2[C@H](O)[C@H](O)C(O)[C@H](O)[C@H]2O)O[C@H](CO)[C@@H](O)[C@@H]1O. The Morgan fingerprint density at radius 2 is 1.49 bits per heavy atom. The topological polar surface area (TPSA) is 256 Å². The van der Waals surface area contributed by atoms with E-state index in [0.29, 0.717) is 5.56 Å². The number of aliphatic hydroxyl groups excluding tert-OH is 8. The number of ketones is 1. The van der Waals surface area contributed by atoms with E-state index in [0.717, 1.165) is 18.7 Å². The molecule has 0 bridgehead atoms. The largest absolute Gasteiger partial charge is 0.394 e. The third kappa shape index (κ3) is 7.99. The minimum absolute atomic E-state index is 0.0147. The van der Waals surface area contributed by atoms with Crippen LogP contribution in [0.25, 0.3) is 0 Å². The number of hydrogen-bond donors (Lipinski definition) is 10. The van der Waals surface area contributed by atoms with Gasteiger partial charge in [-0.05, 0) is 0 Å². The van der Waals surface area contributed by atoms with Gasteiger partial charge in [0.25, 0.3) is 0 Å². The summed E-state index contributed by atoms with van der Waals surface area (Å²) in [6, 6.07) is 5.58. The Hall–Kier alpha value is -2.22. The average molecular weight is 605 g/mol. The van der Waals surface area contributed by atoms with E-state index >= 15 is 0 Å². The summed E-state index contributed by atoms with van der Waals surface area (Å²) in [5.74, 6) is -1.75. The molecular weight excluding hydrogens is 568 g/mol. The smallest absolute Gasteiger partial charge is 0.243 e. The van der Waals surface area contributed by atoms with E-state index in [-0.39, 0.29) is 17.3 Å². The van der Waals surface area contributed by atoms with Gasteiger partial charge in [-0.25, -0.2) is 0 Å². The number of thioether (sulfide) groups is 1. The van der Waals surface area contributed by atoms with E-state index in [1.54, 1.807) is 30.3 Å². The third-order valence-electron chi connectivity index (χ3n) is 6.86. The first-order chi connectivity index (χ1) is 19.4. The number of benzene rings is 1. The number of amides is 2. The van der Waals surface area contributed by atoms with Gasteiger partial charge in [-0.15, -0.1) is 0 Å². The Morgan fingerprint density at radius 3 is 2.05 bits per heavy atom. The highest BCUT2D eigenvalue weighted by molar-refractivity contribution is 8.00. The molecule has 2 unspecified atom stereocenters. The molecule has 2 fully saturated rings. The lowest BCUT2D eigenvalue weighted by Crippen LogP contribution is -2.69. The number of nitrogens with one attached hydrogen (secondary N) is 2. The number of rotatable bonds is 11. The van der Waals surface area contributed by atoms with Gasteiger partial charge >= 0.3 is 0 Å². The molecular formula is C25H36N2O13S. The lowest BCUT2D eigenvalue weighted by Gasteiger charge is -2.47. The fourth-order valence-corrected chi connectivity index (χ4v) is 5.47. The minimum Gasteiger partial charge on any atom is -0.394 e. The molecule has 10 N–H and O–H groups in total. The maximum absolute atomic E-state index is 13.2. The Balaban J connectivity index is 1.75. The first kappa shape index (κ1) is 33.3. The van der Waals surface area contributed by atoms with Gasteiger partial charge in [-0.2, -0.15) is 11.8 Å². The Bertz CT molecular complexity index is 1020. The molecule has 0 spiro atoms. The lowest BCUT2D eigenvalue weighted by molar-refractivity contribution is -0.319. The first-order valence-electron chi connectivity index (χ1n) is 12.8. The molecule has 2 aliphatic rings. The number of carbonyl (C=O) groups excluding carboxylic acids is 3. The number of carbonyl (C=O) groups is 3. The van der Waals surface area contributed by atoms with E-state index in [1.807, 2.05) is 0 Å². The molecule has 12 atom stereocenters. The fourth-order valence-electron chi connectivity index (χ4n) is 4.53. The van der Waals surface area contributed by atoms with Crippen LogP contribution in [-0.4, -0.2) is 150 Å². The zero-order chi connectivity index (χ0) is 30.4. The summed E-state index contributed by atoms with van der Waals surface area (Å²) in [5, 5.41) is 86.2. The van der Waals surface area contributed by atoms with Gasteiger partial charge in [0.1, 0.15) is 67.0 Å². The van der Waals surface area contributed by atoms with Crippen LogP contribution in [0.4, 0.5) is 0 Å². The second-order valence-electron chi connectivity index (χ2n) is 9.85. The predicted molar refractivity (Wildman–Crippen MR) is 140 cm³/mol. The van der Waals surface area contributed by atoms with Crippen molar-refractivity contribution in [1.82, 2.24) is 10.6 Å². The summed E-state index contributed by atoms with van der Waals surface area (Å²) in [6.45, 7) is 0.357. The van der Waals surface area contributed by atoms with Gasteiger partial charge in [-0.3, -0.25) is 14.4 Å². The van der Waals surface area contributed by atoms with Crippen LogP contribution in [0.1, 0.15) is 17.3 Å². The van der Waals surface area contributed by atoms with Crippen LogP contribution in [0.5, 0.6) is 0 Å². The summed E-state index contributed by atoms with van der Waals surface area (Å²) < 4.78 is 11.0. The molecule has 230 valence electrons. The van der Waals surface area contributed by atoms with Gasteiger partial charge in [0.05, 0.1) is 12.4 Å². The van der Waals surface area contributed by atoms with Crippen molar-refractivity contribution < 1.29 is 64.7 Å². The lowest BCUT2D eigenvalue weighted by atomic mass is 9.84. The molecule has 0 aromatic heterocycles. The molecule has 1 aliphatic carbocycles. The fraction of sp³-hybridized carbons (Fsp3) is 0.640. The molecule has 1 aliphatic heterocycles. The number of hydrogen-bond acceptors (Lipinski definition) is 14. The standard InChI is InChI=1S/C25H36N2O13S/c1-10(29)26-12(8-41-9-13(30)11-5-3-2-4-6-11)24(38)27-15-17(32)16(31)14(7-28)39-25(15)40-23-21(36)19(34)18(33)20(35)22(23)37/h2-6,12,14-23,25,28,31-37H,7-9H2,1H3,(H,26,29)(H,27,38)/t12-,14+,15+,16+,17+,18?,19-,20+,21+,22+,23?,25+/m0/s1. The van der Waals surface area contributed by atoms with Crippen LogP contribution in [0.3, 0.4) is 0 Å². The van der Waals surface area contributed by atoms with Crippen molar-refractivity contribution in [3.8, 4) is 0 Å². The number of Topliss-reactive ketones (excluding diaryl/α,β-unsaturated/α-hetero) is 1. The van der Waals surface area contributed by atoms with Gasteiger partial charge in [0, 0.05) is 18.2 Å². The molecule has 1 heterocycles. The summed E-state index contributed by atoms with van der Waals surface area (Å²) >= 11 is 1.05. The van der Waals surface area contributed by atoms with E-state index in [2.05, 4.69) is 10.6 Å². The van der Waals surface area contributed by atoms with Crippen LogP contribution < -0.4 is 10.6 Å². The Morgan fingerprint density at radius 1 is 0.902 bits per heavy atom. The normalized spacial score (nSPS) is 36.3.